The van der Waals surface area contributed by atoms with E-state index in [0.29, 0.717) is 6.04 Å². The summed E-state index contributed by atoms with van der Waals surface area (Å²) in [5.41, 5.74) is 4.80. The molecule has 0 bridgehead atoms. The summed E-state index contributed by atoms with van der Waals surface area (Å²) in [6, 6.07) is 9.13. The van der Waals surface area contributed by atoms with Crippen LogP contribution in [0.4, 0.5) is 0 Å². The topological polar surface area (TPSA) is 24.9 Å². The van der Waals surface area contributed by atoms with Gasteiger partial charge >= 0.3 is 0 Å². The van der Waals surface area contributed by atoms with Gasteiger partial charge in [0.1, 0.15) is 0 Å². The molecule has 0 aliphatic heterocycles. The van der Waals surface area contributed by atoms with Crippen molar-refractivity contribution in [3.8, 4) is 0 Å². The summed E-state index contributed by atoms with van der Waals surface area (Å²) in [5.74, 6) is 0. The minimum Gasteiger partial charge on any atom is -0.310 e. The van der Waals surface area contributed by atoms with Gasteiger partial charge in [0.25, 0.3) is 0 Å². The summed E-state index contributed by atoms with van der Waals surface area (Å²) < 4.78 is 0. The highest BCUT2D eigenvalue weighted by molar-refractivity contribution is 5.83. The molecule has 0 fully saturated rings. The minimum atomic E-state index is 0.503. The zero-order valence-corrected chi connectivity index (χ0v) is 11.0. The molecule has 2 aromatic rings. The van der Waals surface area contributed by atoms with E-state index < -0.39 is 0 Å². The summed E-state index contributed by atoms with van der Waals surface area (Å²) in [7, 11) is 0. The van der Waals surface area contributed by atoms with Crippen molar-refractivity contribution in [1.82, 2.24) is 10.3 Å². The number of pyridine rings is 1. The second-order valence-corrected chi connectivity index (χ2v) is 4.98. The molecule has 1 aromatic carbocycles. The van der Waals surface area contributed by atoms with Gasteiger partial charge in [-0.25, -0.2) is 0 Å². The second kappa shape index (κ2) is 4.84. The Hall–Kier alpha value is -1.41. The third-order valence-corrected chi connectivity index (χ3v) is 2.88. The van der Waals surface area contributed by atoms with Crippen LogP contribution in [0.1, 0.15) is 30.7 Å². The Bertz CT molecular complexity index is 530. The molecule has 2 heteroatoms. The molecule has 0 radical (unpaired) electrons. The summed E-state index contributed by atoms with van der Waals surface area (Å²) >= 11 is 0. The van der Waals surface area contributed by atoms with E-state index >= 15 is 0 Å². The van der Waals surface area contributed by atoms with Crippen molar-refractivity contribution < 1.29 is 0 Å². The lowest BCUT2D eigenvalue weighted by Crippen LogP contribution is -2.22. The highest BCUT2D eigenvalue weighted by Crippen LogP contribution is 2.20. The standard InChI is InChI=1S/C15H20N2/c1-10(2)16-9-13-8-12(4)17-15-6-5-11(3)7-14(13)15/h5-8,10,16H,9H2,1-4H3. The summed E-state index contributed by atoms with van der Waals surface area (Å²) in [6.07, 6.45) is 0. The molecule has 0 unspecified atom stereocenters. The van der Waals surface area contributed by atoms with Gasteiger partial charge in [0.15, 0.2) is 0 Å². The van der Waals surface area contributed by atoms with Crippen molar-refractivity contribution in [2.45, 2.75) is 40.3 Å². The monoisotopic (exact) mass is 228 g/mol. The SMILES string of the molecule is Cc1ccc2nc(C)cc(CNC(C)C)c2c1. The molecule has 1 aromatic heterocycles. The number of hydrogen-bond acceptors (Lipinski definition) is 2. The van der Waals surface area contributed by atoms with Gasteiger partial charge in [0, 0.05) is 23.7 Å². The smallest absolute Gasteiger partial charge is 0.0708 e. The predicted molar refractivity (Wildman–Crippen MR) is 73.2 cm³/mol. The van der Waals surface area contributed by atoms with Crippen LogP contribution in [0.2, 0.25) is 0 Å². The Kier molecular flexibility index (Phi) is 3.43. The molecule has 0 aliphatic carbocycles. The van der Waals surface area contributed by atoms with E-state index in [1.165, 1.54) is 16.5 Å². The zero-order valence-electron chi connectivity index (χ0n) is 11.0. The van der Waals surface area contributed by atoms with E-state index in [2.05, 4.69) is 62.3 Å². The second-order valence-electron chi connectivity index (χ2n) is 4.98. The molecule has 1 heterocycles. The molecule has 0 aliphatic rings. The van der Waals surface area contributed by atoms with Crippen LogP contribution in [0.5, 0.6) is 0 Å². The van der Waals surface area contributed by atoms with Crippen molar-refractivity contribution in [3.63, 3.8) is 0 Å². The Morgan fingerprint density at radius 2 is 1.94 bits per heavy atom. The van der Waals surface area contributed by atoms with Crippen LogP contribution < -0.4 is 5.32 Å². The van der Waals surface area contributed by atoms with Crippen LogP contribution in [-0.2, 0) is 6.54 Å². The third-order valence-electron chi connectivity index (χ3n) is 2.88. The molecular formula is C15H20N2. The number of fused-ring (bicyclic) bond motifs is 1. The van der Waals surface area contributed by atoms with Gasteiger partial charge in [-0.1, -0.05) is 25.5 Å². The highest BCUT2D eigenvalue weighted by Gasteiger charge is 2.04. The third kappa shape index (κ3) is 2.83. The molecule has 0 atom stereocenters. The first kappa shape index (κ1) is 12.1. The first-order valence-corrected chi connectivity index (χ1v) is 6.16. The molecule has 2 rings (SSSR count). The van der Waals surface area contributed by atoms with Gasteiger partial charge in [-0.2, -0.15) is 0 Å². The zero-order chi connectivity index (χ0) is 12.4. The number of rotatable bonds is 3. The molecule has 0 amide bonds. The molecule has 0 saturated carbocycles. The predicted octanol–water partition coefficient (Wildman–Crippen LogP) is 3.35. The molecule has 90 valence electrons. The lowest BCUT2D eigenvalue weighted by molar-refractivity contribution is 0.590. The summed E-state index contributed by atoms with van der Waals surface area (Å²) in [6.45, 7) is 9.42. The lowest BCUT2D eigenvalue weighted by atomic mass is 10.1. The molecule has 0 spiro atoms. The fraction of sp³-hybridized carbons (Fsp3) is 0.400. The van der Waals surface area contributed by atoms with Crippen LogP contribution >= 0.6 is 0 Å². The summed E-state index contributed by atoms with van der Waals surface area (Å²) in [4.78, 5) is 4.58. The van der Waals surface area contributed by atoms with Crippen LogP contribution in [0.3, 0.4) is 0 Å². The first-order chi connectivity index (χ1) is 8.06. The maximum Gasteiger partial charge on any atom is 0.0708 e. The van der Waals surface area contributed by atoms with E-state index in [4.69, 9.17) is 0 Å². The van der Waals surface area contributed by atoms with E-state index in [1.54, 1.807) is 0 Å². The van der Waals surface area contributed by atoms with Gasteiger partial charge in [-0.15, -0.1) is 0 Å². The van der Waals surface area contributed by atoms with E-state index in [0.717, 1.165) is 17.8 Å². The van der Waals surface area contributed by atoms with Crippen molar-refractivity contribution in [2.75, 3.05) is 0 Å². The maximum absolute atomic E-state index is 4.58. The normalized spacial score (nSPS) is 11.4. The molecule has 0 saturated heterocycles. The van der Waals surface area contributed by atoms with E-state index in [-0.39, 0.29) is 0 Å². The highest BCUT2D eigenvalue weighted by atomic mass is 14.9. The van der Waals surface area contributed by atoms with Crippen LogP contribution in [0, 0.1) is 13.8 Å². The van der Waals surface area contributed by atoms with Gasteiger partial charge in [-0.05, 0) is 37.6 Å². The lowest BCUT2D eigenvalue weighted by Gasteiger charge is -2.12. The van der Waals surface area contributed by atoms with Crippen molar-refractivity contribution in [1.29, 1.82) is 0 Å². The Labute approximate surface area is 103 Å². The Morgan fingerprint density at radius 1 is 1.18 bits per heavy atom. The van der Waals surface area contributed by atoms with Crippen molar-refractivity contribution in [2.24, 2.45) is 0 Å². The van der Waals surface area contributed by atoms with E-state index in [9.17, 15) is 0 Å². The number of aryl methyl sites for hydroxylation is 2. The number of aromatic nitrogens is 1. The van der Waals surface area contributed by atoms with Gasteiger partial charge in [0.2, 0.25) is 0 Å². The van der Waals surface area contributed by atoms with Crippen molar-refractivity contribution >= 4 is 10.9 Å². The molecule has 1 N–H and O–H groups in total. The molecule has 2 nitrogen and oxygen atoms in total. The average Bonchev–Trinajstić information content (AvgIpc) is 2.26. The minimum absolute atomic E-state index is 0.503. The maximum atomic E-state index is 4.58. The average molecular weight is 228 g/mol. The van der Waals surface area contributed by atoms with E-state index in [1.807, 2.05) is 0 Å². The van der Waals surface area contributed by atoms with Gasteiger partial charge < -0.3 is 5.32 Å². The Balaban J connectivity index is 2.48. The van der Waals surface area contributed by atoms with Gasteiger partial charge in [-0.3, -0.25) is 4.98 Å². The number of hydrogen-bond donors (Lipinski definition) is 1. The largest absolute Gasteiger partial charge is 0.310 e. The first-order valence-electron chi connectivity index (χ1n) is 6.16. The fourth-order valence-electron chi connectivity index (χ4n) is 2.02. The van der Waals surface area contributed by atoms with Gasteiger partial charge in [0.05, 0.1) is 5.52 Å². The molecule has 17 heavy (non-hydrogen) atoms. The fourth-order valence-corrected chi connectivity index (χ4v) is 2.02. The summed E-state index contributed by atoms with van der Waals surface area (Å²) in [5, 5.41) is 4.74. The number of benzene rings is 1. The van der Waals surface area contributed by atoms with Crippen LogP contribution in [0.25, 0.3) is 10.9 Å². The van der Waals surface area contributed by atoms with Crippen LogP contribution in [0.15, 0.2) is 24.3 Å². The quantitative estimate of drug-likeness (QED) is 0.871. The number of nitrogens with zero attached hydrogens (tertiary/aromatic N) is 1. The molecular weight excluding hydrogens is 208 g/mol. The number of nitrogens with one attached hydrogen (secondary N) is 1. The van der Waals surface area contributed by atoms with Crippen molar-refractivity contribution in [3.05, 3.63) is 41.1 Å². The Morgan fingerprint density at radius 3 is 2.65 bits per heavy atom. The van der Waals surface area contributed by atoms with Crippen LogP contribution in [-0.4, -0.2) is 11.0 Å².